The molecule has 2 heterocycles. The molecule has 0 aliphatic carbocycles. The van der Waals surface area contributed by atoms with Crippen LogP contribution in [0.5, 0.6) is 5.75 Å². The van der Waals surface area contributed by atoms with Gasteiger partial charge in [-0.05, 0) is 23.3 Å². The van der Waals surface area contributed by atoms with Gasteiger partial charge in [0.2, 0.25) is 0 Å². The Labute approximate surface area is 151 Å². The van der Waals surface area contributed by atoms with Crippen LogP contribution in [0, 0.1) is 0 Å². The van der Waals surface area contributed by atoms with E-state index in [2.05, 4.69) is 35.4 Å². The van der Waals surface area contributed by atoms with Crippen LogP contribution in [-0.4, -0.2) is 14.8 Å². The molecule has 1 aromatic heterocycles. The number of ether oxygens (including phenoxy) is 1. The van der Waals surface area contributed by atoms with Crippen molar-refractivity contribution in [3.8, 4) is 28.5 Å². The summed E-state index contributed by atoms with van der Waals surface area (Å²) in [5.74, 6) is 2.49. The molecule has 0 N–H and O–H groups in total. The zero-order valence-electron chi connectivity index (χ0n) is 14.2. The average molecular weight is 339 g/mol. The van der Waals surface area contributed by atoms with E-state index in [1.807, 2.05) is 53.2 Å². The Bertz CT molecular complexity index is 1070. The van der Waals surface area contributed by atoms with E-state index in [1.54, 1.807) is 0 Å². The van der Waals surface area contributed by atoms with Crippen LogP contribution in [0.3, 0.4) is 0 Å². The molecule has 4 nitrogen and oxygen atoms in total. The van der Waals surface area contributed by atoms with E-state index in [9.17, 15) is 0 Å². The first-order chi connectivity index (χ1) is 12.9. The molecule has 1 aliphatic heterocycles. The first-order valence-electron chi connectivity index (χ1n) is 8.67. The smallest absolute Gasteiger partial charge is 0.181 e. The summed E-state index contributed by atoms with van der Waals surface area (Å²) in [5, 5.41) is 4.69. The van der Waals surface area contributed by atoms with E-state index in [0.717, 1.165) is 35.1 Å². The van der Waals surface area contributed by atoms with Gasteiger partial charge in [0.1, 0.15) is 12.4 Å². The molecule has 0 saturated carbocycles. The molecule has 4 heteroatoms. The van der Waals surface area contributed by atoms with Crippen molar-refractivity contribution in [2.24, 2.45) is 0 Å². The van der Waals surface area contributed by atoms with Crippen LogP contribution in [0.15, 0.2) is 78.9 Å². The molecule has 0 spiro atoms. The third-order valence-electron chi connectivity index (χ3n) is 4.59. The largest absolute Gasteiger partial charge is 0.489 e. The summed E-state index contributed by atoms with van der Waals surface area (Å²) in [5.41, 5.74) is 4.56. The first kappa shape index (κ1) is 14.9. The highest BCUT2D eigenvalue weighted by Gasteiger charge is 2.22. The monoisotopic (exact) mass is 339 g/mol. The maximum Gasteiger partial charge on any atom is 0.181 e. The number of aromatic nitrogens is 3. The molecule has 1 aliphatic rings. The minimum Gasteiger partial charge on any atom is -0.489 e. The molecule has 4 aromatic rings. The number of fused-ring (bicyclic) bond motifs is 3. The molecular formula is C22H17N3O. The molecule has 26 heavy (non-hydrogen) atoms. The summed E-state index contributed by atoms with van der Waals surface area (Å²) in [4.78, 5) is 4.76. The molecule has 0 atom stereocenters. The third kappa shape index (κ3) is 2.65. The lowest BCUT2D eigenvalue weighted by Gasteiger charge is -2.07. The van der Waals surface area contributed by atoms with Gasteiger partial charge >= 0.3 is 0 Å². The zero-order valence-corrected chi connectivity index (χ0v) is 14.2. The van der Waals surface area contributed by atoms with Gasteiger partial charge in [0.15, 0.2) is 11.6 Å². The highest BCUT2D eigenvalue weighted by Crippen LogP contribution is 2.32. The lowest BCUT2D eigenvalue weighted by Crippen LogP contribution is -1.96. The second-order valence-electron chi connectivity index (χ2n) is 6.38. The average Bonchev–Trinajstić information content (AvgIpc) is 3.26. The van der Waals surface area contributed by atoms with Gasteiger partial charge in [-0.1, -0.05) is 66.7 Å². The van der Waals surface area contributed by atoms with Crippen molar-refractivity contribution in [3.63, 3.8) is 0 Å². The van der Waals surface area contributed by atoms with Crippen molar-refractivity contribution < 1.29 is 4.74 Å². The number of rotatable bonds is 4. The molecule has 0 amide bonds. The van der Waals surface area contributed by atoms with Crippen LogP contribution in [-0.2, 0) is 13.2 Å². The van der Waals surface area contributed by atoms with Gasteiger partial charge in [-0.25, -0.2) is 9.67 Å². The molecule has 0 unspecified atom stereocenters. The fourth-order valence-electron chi connectivity index (χ4n) is 3.28. The molecule has 5 rings (SSSR count). The summed E-state index contributed by atoms with van der Waals surface area (Å²) < 4.78 is 7.90. The fourth-order valence-corrected chi connectivity index (χ4v) is 3.28. The van der Waals surface area contributed by atoms with E-state index in [1.165, 1.54) is 11.1 Å². The first-order valence-corrected chi connectivity index (χ1v) is 8.67. The molecule has 0 radical (unpaired) electrons. The number of hydrogen-bond acceptors (Lipinski definition) is 3. The van der Waals surface area contributed by atoms with E-state index in [-0.39, 0.29) is 0 Å². The molecule has 0 saturated heterocycles. The Morgan fingerprint density at radius 1 is 0.885 bits per heavy atom. The number of hydrogen-bond donors (Lipinski definition) is 0. The van der Waals surface area contributed by atoms with Crippen molar-refractivity contribution in [1.82, 2.24) is 14.8 Å². The Balaban J connectivity index is 1.40. The normalized spacial score (nSPS) is 11.8. The van der Waals surface area contributed by atoms with Crippen LogP contribution in [0.25, 0.3) is 22.8 Å². The maximum atomic E-state index is 5.93. The van der Waals surface area contributed by atoms with Crippen LogP contribution in [0.2, 0.25) is 0 Å². The Hall–Kier alpha value is -3.40. The predicted octanol–water partition coefficient (Wildman–Crippen LogP) is 4.55. The van der Waals surface area contributed by atoms with Gasteiger partial charge in [-0.2, -0.15) is 5.10 Å². The van der Waals surface area contributed by atoms with Crippen molar-refractivity contribution >= 4 is 0 Å². The van der Waals surface area contributed by atoms with E-state index in [0.29, 0.717) is 6.61 Å². The molecule has 0 bridgehead atoms. The maximum absolute atomic E-state index is 5.93. The topological polar surface area (TPSA) is 39.9 Å². The van der Waals surface area contributed by atoms with Crippen LogP contribution in [0.1, 0.15) is 11.1 Å². The van der Waals surface area contributed by atoms with E-state index < -0.39 is 0 Å². The predicted molar refractivity (Wildman–Crippen MR) is 101 cm³/mol. The van der Waals surface area contributed by atoms with Crippen LogP contribution >= 0.6 is 0 Å². The van der Waals surface area contributed by atoms with Crippen molar-refractivity contribution in [2.75, 3.05) is 0 Å². The van der Waals surface area contributed by atoms with Crippen molar-refractivity contribution in [1.29, 1.82) is 0 Å². The summed E-state index contributed by atoms with van der Waals surface area (Å²) in [6, 6.07) is 26.5. The van der Waals surface area contributed by atoms with E-state index >= 15 is 0 Å². The SMILES string of the molecule is c1ccc(COc2cccc(-c3nc4n(n3)Cc3ccccc3-4)c2)cc1. The Kier molecular flexibility index (Phi) is 3.53. The standard InChI is InChI=1S/C22H17N3O/c1-2-7-16(8-3-1)15-26-19-11-6-10-17(13-19)21-23-22-20-12-5-4-9-18(20)14-25(22)24-21/h1-13H,14-15H2. The van der Waals surface area contributed by atoms with Gasteiger partial charge in [-0.15, -0.1) is 0 Å². The van der Waals surface area contributed by atoms with Gasteiger partial charge in [-0.3, -0.25) is 0 Å². The lowest BCUT2D eigenvalue weighted by atomic mass is 10.1. The third-order valence-corrected chi connectivity index (χ3v) is 4.59. The van der Waals surface area contributed by atoms with Gasteiger partial charge in [0.25, 0.3) is 0 Å². The second-order valence-corrected chi connectivity index (χ2v) is 6.38. The second kappa shape index (κ2) is 6.15. The zero-order chi connectivity index (χ0) is 17.3. The van der Waals surface area contributed by atoms with E-state index in [4.69, 9.17) is 9.72 Å². The highest BCUT2D eigenvalue weighted by atomic mass is 16.5. The Morgan fingerprint density at radius 2 is 1.73 bits per heavy atom. The summed E-state index contributed by atoms with van der Waals surface area (Å²) in [6.07, 6.45) is 0. The summed E-state index contributed by atoms with van der Waals surface area (Å²) in [7, 11) is 0. The van der Waals surface area contributed by atoms with Crippen LogP contribution < -0.4 is 4.74 Å². The highest BCUT2D eigenvalue weighted by molar-refractivity contribution is 5.68. The van der Waals surface area contributed by atoms with Gasteiger partial charge in [0.05, 0.1) is 6.54 Å². The minimum absolute atomic E-state index is 0.546. The molecular weight excluding hydrogens is 322 g/mol. The summed E-state index contributed by atoms with van der Waals surface area (Å²) >= 11 is 0. The number of benzene rings is 3. The fraction of sp³-hybridized carbons (Fsp3) is 0.0909. The van der Waals surface area contributed by atoms with Crippen molar-refractivity contribution in [3.05, 3.63) is 90.0 Å². The quantitative estimate of drug-likeness (QED) is 0.482. The summed E-state index contributed by atoms with van der Waals surface area (Å²) in [6.45, 7) is 1.33. The van der Waals surface area contributed by atoms with Crippen LogP contribution in [0.4, 0.5) is 0 Å². The minimum atomic E-state index is 0.546. The lowest BCUT2D eigenvalue weighted by molar-refractivity contribution is 0.306. The van der Waals surface area contributed by atoms with Gasteiger partial charge in [0, 0.05) is 11.1 Å². The number of nitrogens with zero attached hydrogens (tertiary/aromatic N) is 3. The molecule has 3 aromatic carbocycles. The van der Waals surface area contributed by atoms with Gasteiger partial charge < -0.3 is 4.74 Å². The Morgan fingerprint density at radius 3 is 2.65 bits per heavy atom. The molecule has 0 fully saturated rings. The molecule has 126 valence electrons. The van der Waals surface area contributed by atoms with Crippen molar-refractivity contribution in [2.45, 2.75) is 13.2 Å².